The number of rotatable bonds is 9. The molecule has 4 aromatic rings. The van der Waals surface area contributed by atoms with E-state index in [1.165, 1.54) is 35.8 Å². The Hall–Kier alpha value is -3.63. The lowest BCUT2D eigenvalue weighted by Gasteiger charge is -2.15. The van der Waals surface area contributed by atoms with Gasteiger partial charge in [-0.2, -0.15) is 0 Å². The van der Waals surface area contributed by atoms with Gasteiger partial charge in [-0.25, -0.2) is 4.79 Å². The maximum Gasteiger partial charge on any atom is 0.341 e. The van der Waals surface area contributed by atoms with Gasteiger partial charge in [-0.1, -0.05) is 47.7 Å². The van der Waals surface area contributed by atoms with Crippen LogP contribution in [0.4, 0.5) is 5.00 Å². The van der Waals surface area contributed by atoms with Crippen molar-refractivity contribution >= 4 is 40.0 Å². The Labute approximate surface area is 230 Å². The number of esters is 1. The average molecular weight is 551 g/mol. The molecule has 2 heterocycles. The van der Waals surface area contributed by atoms with Crippen LogP contribution in [-0.4, -0.2) is 39.5 Å². The van der Waals surface area contributed by atoms with Gasteiger partial charge in [-0.15, -0.1) is 21.5 Å². The molecule has 0 spiro atoms. The third-order valence-electron chi connectivity index (χ3n) is 6.15. The molecule has 2 aromatic heterocycles. The molecule has 2 aromatic carbocycles. The first kappa shape index (κ1) is 27.4. The third-order valence-corrected chi connectivity index (χ3v) is 8.07. The van der Waals surface area contributed by atoms with Crippen molar-refractivity contribution in [3.8, 4) is 16.9 Å². The molecule has 0 saturated heterocycles. The molecule has 0 aliphatic rings. The third kappa shape index (κ3) is 6.08. The lowest BCUT2D eigenvalue weighted by Crippen LogP contribution is -2.16. The minimum absolute atomic E-state index is 0.0940. The van der Waals surface area contributed by atoms with Crippen molar-refractivity contribution in [2.24, 2.45) is 7.05 Å². The highest BCUT2D eigenvalue weighted by atomic mass is 32.2. The summed E-state index contributed by atoms with van der Waals surface area (Å²) in [7, 11) is 3.18. The Morgan fingerprint density at radius 2 is 1.82 bits per heavy atom. The van der Waals surface area contributed by atoms with Gasteiger partial charge < -0.3 is 19.4 Å². The van der Waals surface area contributed by atoms with E-state index in [9.17, 15) is 9.59 Å². The molecule has 198 valence electrons. The van der Waals surface area contributed by atoms with E-state index in [1.54, 1.807) is 0 Å². The smallest absolute Gasteiger partial charge is 0.341 e. The summed E-state index contributed by atoms with van der Waals surface area (Å²) in [5.41, 5.74) is 5.42. The van der Waals surface area contributed by atoms with Gasteiger partial charge in [0.25, 0.3) is 0 Å². The number of anilines is 1. The highest BCUT2D eigenvalue weighted by molar-refractivity contribution is 7.99. The Morgan fingerprint density at radius 3 is 2.50 bits per heavy atom. The molecular weight excluding hydrogens is 520 g/mol. The van der Waals surface area contributed by atoms with Crippen molar-refractivity contribution in [2.45, 2.75) is 39.0 Å². The molecule has 1 amide bonds. The first-order valence-electron chi connectivity index (χ1n) is 12.0. The molecule has 1 N–H and O–H groups in total. The highest BCUT2D eigenvalue weighted by Crippen LogP contribution is 2.36. The van der Waals surface area contributed by atoms with Gasteiger partial charge in [0.15, 0.2) is 17.1 Å². The maximum absolute atomic E-state index is 12.8. The average Bonchev–Trinajstić information content (AvgIpc) is 3.48. The number of carbonyl (C=O) groups is 2. The predicted molar refractivity (Wildman–Crippen MR) is 151 cm³/mol. The summed E-state index contributed by atoms with van der Waals surface area (Å²) in [6.07, 6.45) is -0.327. The first-order valence-corrected chi connectivity index (χ1v) is 13.9. The topological polar surface area (TPSA) is 95.3 Å². The quantitative estimate of drug-likeness (QED) is 0.198. The van der Waals surface area contributed by atoms with Crippen molar-refractivity contribution < 1.29 is 19.1 Å². The summed E-state index contributed by atoms with van der Waals surface area (Å²) >= 11 is 2.55. The molecule has 0 bridgehead atoms. The van der Waals surface area contributed by atoms with Crippen molar-refractivity contribution in [1.29, 1.82) is 0 Å². The number of hydrogen-bond acceptors (Lipinski definition) is 8. The van der Waals surface area contributed by atoms with Crippen LogP contribution in [0.5, 0.6) is 5.75 Å². The number of carbonyl (C=O) groups excluding carboxylic acids is 2. The molecule has 0 saturated carbocycles. The fourth-order valence-electron chi connectivity index (χ4n) is 3.84. The molecule has 38 heavy (non-hydrogen) atoms. The summed E-state index contributed by atoms with van der Waals surface area (Å²) in [5.74, 6) is 0.748. The van der Waals surface area contributed by atoms with Crippen LogP contribution in [0, 0.1) is 20.8 Å². The van der Waals surface area contributed by atoms with Gasteiger partial charge in [0.05, 0.1) is 12.9 Å². The number of aromatic nitrogens is 3. The van der Waals surface area contributed by atoms with Crippen LogP contribution in [0.15, 0.2) is 53.0 Å². The summed E-state index contributed by atoms with van der Waals surface area (Å²) in [6, 6.07) is 13.8. The van der Waals surface area contributed by atoms with Gasteiger partial charge in [0.2, 0.25) is 5.91 Å². The SMILES string of the molecule is COC(=O)c1c(-c2ccc(C)cc2)csc1NC(=O)CSc1nnc(C(C)Oc2ccc(C)c(C)c2)n1C. The number of methoxy groups -OCH3 is 1. The zero-order chi connectivity index (χ0) is 27.4. The second-order valence-corrected chi connectivity index (χ2v) is 10.8. The van der Waals surface area contributed by atoms with Crippen LogP contribution < -0.4 is 10.1 Å². The van der Waals surface area contributed by atoms with Crippen molar-refractivity contribution in [1.82, 2.24) is 14.8 Å². The van der Waals surface area contributed by atoms with E-state index in [4.69, 9.17) is 9.47 Å². The molecule has 0 aliphatic carbocycles. The number of hydrogen-bond donors (Lipinski definition) is 1. The largest absolute Gasteiger partial charge is 0.483 e. The molecule has 1 unspecified atom stereocenters. The number of amides is 1. The fraction of sp³-hybridized carbons (Fsp3) is 0.286. The number of nitrogens with one attached hydrogen (secondary N) is 1. The van der Waals surface area contributed by atoms with Crippen LogP contribution >= 0.6 is 23.1 Å². The van der Waals surface area contributed by atoms with E-state index in [0.717, 1.165) is 28.0 Å². The second kappa shape index (κ2) is 11.8. The fourth-order valence-corrected chi connectivity index (χ4v) is 5.53. The number of aryl methyl sites for hydroxylation is 3. The predicted octanol–water partition coefficient (Wildman–Crippen LogP) is 6.13. The highest BCUT2D eigenvalue weighted by Gasteiger charge is 2.23. The summed E-state index contributed by atoms with van der Waals surface area (Å²) in [6.45, 7) is 8.02. The van der Waals surface area contributed by atoms with E-state index >= 15 is 0 Å². The van der Waals surface area contributed by atoms with E-state index < -0.39 is 5.97 Å². The molecule has 8 nitrogen and oxygen atoms in total. The molecule has 0 fully saturated rings. The first-order chi connectivity index (χ1) is 18.2. The zero-order valence-corrected chi connectivity index (χ0v) is 23.8. The lowest BCUT2D eigenvalue weighted by molar-refractivity contribution is -0.113. The number of nitrogens with zero attached hydrogens (tertiary/aromatic N) is 3. The standard InChI is InChI=1S/C28H30N4O4S2/c1-16-7-10-20(11-8-16)22-14-37-26(24(22)27(34)35-6)29-23(33)15-38-28-31-30-25(32(28)5)19(4)36-21-12-9-17(2)18(3)13-21/h7-14,19H,15H2,1-6H3,(H,29,33). The van der Waals surface area contributed by atoms with Crippen LogP contribution in [-0.2, 0) is 16.6 Å². The Bertz CT molecular complexity index is 1460. The number of ether oxygens (including phenoxy) is 2. The van der Waals surface area contributed by atoms with E-state index in [-0.39, 0.29) is 17.8 Å². The van der Waals surface area contributed by atoms with Crippen molar-refractivity contribution in [3.05, 3.63) is 75.9 Å². The molecule has 0 radical (unpaired) electrons. The van der Waals surface area contributed by atoms with Gasteiger partial charge in [0.1, 0.15) is 16.3 Å². The summed E-state index contributed by atoms with van der Waals surface area (Å²) in [5, 5.41) is 14.3. The van der Waals surface area contributed by atoms with Crippen LogP contribution in [0.1, 0.15) is 45.9 Å². The monoisotopic (exact) mass is 550 g/mol. The number of thiophene rings is 1. The molecule has 4 rings (SSSR count). The van der Waals surface area contributed by atoms with Crippen LogP contribution in [0.3, 0.4) is 0 Å². The normalized spacial score (nSPS) is 11.7. The second-order valence-electron chi connectivity index (χ2n) is 8.95. The lowest BCUT2D eigenvalue weighted by atomic mass is 10.0. The van der Waals surface area contributed by atoms with Gasteiger partial charge in [-0.05, 0) is 56.5 Å². The van der Waals surface area contributed by atoms with Gasteiger partial charge in [-0.3, -0.25) is 4.79 Å². The minimum atomic E-state index is -0.500. The molecule has 1 atom stereocenters. The Morgan fingerprint density at radius 1 is 1.08 bits per heavy atom. The maximum atomic E-state index is 12.8. The van der Waals surface area contributed by atoms with Crippen LogP contribution in [0.2, 0.25) is 0 Å². The van der Waals surface area contributed by atoms with Crippen molar-refractivity contribution in [2.75, 3.05) is 18.2 Å². The Kier molecular flexibility index (Phi) is 8.53. The number of thioether (sulfide) groups is 1. The molecule has 10 heteroatoms. The summed E-state index contributed by atoms with van der Waals surface area (Å²) in [4.78, 5) is 25.4. The van der Waals surface area contributed by atoms with Crippen LogP contribution in [0.25, 0.3) is 11.1 Å². The minimum Gasteiger partial charge on any atom is -0.483 e. The van der Waals surface area contributed by atoms with Crippen molar-refractivity contribution in [3.63, 3.8) is 0 Å². The Balaban J connectivity index is 1.42. The summed E-state index contributed by atoms with van der Waals surface area (Å²) < 4.78 is 12.9. The van der Waals surface area contributed by atoms with Gasteiger partial charge >= 0.3 is 5.97 Å². The van der Waals surface area contributed by atoms with E-state index in [2.05, 4.69) is 22.4 Å². The molecular formula is C28H30N4O4S2. The van der Waals surface area contributed by atoms with E-state index in [0.29, 0.717) is 21.5 Å². The van der Waals surface area contributed by atoms with E-state index in [1.807, 2.05) is 80.2 Å². The van der Waals surface area contributed by atoms with Gasteiger partial charge in [0, 0.05) is 18.0 Å². The zero-order valence-electron chi connectivity index (χ0n) is 22.2. The molecule has 0 aliphatic heterocycles. The number of benzene rings is 2.